The Hall–Kier alpha value is -2.18. The van der Waals surface area contributed by atoms with Crippen molar-refractivity contribution in [2.24, 2.45) is 0 Å². The molecule has 6 heteroatoms. The molecule has 1 aromatic carbocycles. The average Bonchev–Trinajstić information content (AvgIpc) is 2.99. The molecule has 0 amide bonds. The molecule has 2 heterocycles. The molecule has 0 atom stereocenters. The first-order chi connectivity index (χ1) is 10.6. The van der Waals surface area contributed by atoms with E-state index in [4.69, 9.17) is 4.74 Å². The van der Waals surface area contributed by atoms with Crippen molar-refractivity contribution >= 4 is 21.7 Å². The number of aryl methyl sites for hydroxylation is 1. The predicted octanol–water partition coefficient (Wildman–Crippen LogP) is 2.79. The fourth-order valence-electron chi connectivity index (χ4n) is 2.53. The lowest BCUT2D eigenvalue weighted by Gasteiger charge is -2.13. The summed E-state index contributed by atoms with van der Waals surface area (Å²) >= 11 is 1.32. The van der Waals surface area contributed by atoms with Crippen LogP contribution < -0.4 is 5.56 Å². The molecule has 0 saturated heterocycles. The van der Waals surface area contributed by atoms with E-state index in [1.807, 2.05) is 31.2 Å². The van der Waals surface area contributed by atoms with Crippen LogP contribution in [-0.2, 0) is 11.3 Å². The highest BCUT2D eigenvalue weighted by atomic mass is 32.1. The Labute approximate surface area is 131 Å². The normalized spacial score (nSPS) is 11.2. The third kappa shape index (κ3) is 2.30. The molecule has 114 valence electrons. The van der Waals surface area contributed by atoms with Crippen LogP contribution in [0.4, 0.5) is 0 Å². The predicted molar refractivity (Wildman–Crippen MR) is 87.6 cm³/mol. The minimum atomic E-state index is -0.248. The lowest BCUT2D eigenvalue weighted by atomic mass is 10.0. The number of hydrogen-bond acceptors (Lipinski definition) is 5. The maximum absolute atomic E-state index is 12.9. The second-order valence-electron chi connectivity index (χ2n) is 4.99. The van der Waals surface area contributed by atoms with Crippen LogP contribution in [0, 0.1) is 6.92 Å². The highest BCUT2D eigenvalue weighted by molar-refractivity contribution is 7.17. The van der Waals surface area contributed by atoms with Crippen LogP contribution >= 0.6 is 11.3 Å². The smallest absolute Gasteiger partial charge is 0.263 e. The van der Waals surface area contributed by atoms with Crippen LogP contribution in [0.3, 0.4) is 0 Å². The number of methoxy groups -OCH3 is 1. The van der Waals surface area contributed by atoms with Crippen molar-refractivity contribution in [3.8, 4) is 16.9 Å². The molecule has 1 N–H and O–H groups in total. The van der Waals surface area contributed by atoms with Gasteiger partial charge in [-0.2, -0.15) is 0 Å². The molecular formula is C16H16N2O3S. The van der Waals surface area contributed by atoms with E-state index in [1.54, 1.807) is 17.2 Å². The molecule has 0 spiro atoms. The van der Waals surface area contributed by atoms with Gasteiger partial charge in [0.15, 0.2) is 5.65 Å². The van der Waals surface area contributed by atoms with Crippen molar-refractivity contribution in [3.05, 3.63) is 45.7 Å². The summed E-state index contributed by atoms with van der Waals surface area (Å²) < 4.78 is 7.26. The summed E-state index contributed by atoms with van der Waals surface area (Å²) in [5, 5.41) is 10.6. The van der Waals surface area contributed by atoms with Crippen LogP contribution in [0.25, 0.3) is 21.5 Å². The molecule has 0 radical (unpaired) electrons. The van der Waals surface area contributed by atoms with Crippen molar-refractivity contribution in [3.63, 3.8) is 0 Å². The van der Waals surface area contributed by atoms with Gasteiger partial charge >= 0.3 is 0 Å². The molecule has 2 aromatic heterocycles. The van der Waals surface area contributed by atoms with Gasteiger partial charge in [0.2, 0.25) is 0 Å². The van der Waals surface area contributed by atoms with Crippen molar-refractivity contribution in [1.29, 1.82) is 0 Å². The summed E-state index contributed by atoms with van der Waals surface area (Å²) in [5.41, 5.74) is 3.90. The fraction of sp³-hybridized carbons (Fsp3) is 0.250. The van der Waals surface area contributed by atoms with Gasteiger partial charge in [-0.1, -0.05) is 24.3 Å². The standard InChI is InChI=1S/C16H16N2O3S/c1-10-5-3-4-6-11(10)12-13(19)14-15(17-9-22-14)18(16(12)20)7-8-21-2/h3-6,9,19H,7-8H2,1-2H3. The van der Waals surface area contributed by atoms with Gasteiger partial charge in [0, 0.05) is 7.11 Å². The summed E-state index contributed by atoms with van der Waals surface area (Å²) in [6, 6.07) is 7.53. The summed E-state index contributed by atoms with van der Waals surface area (Å²) in [4.78, 5) is 17.1. The van der Waals surface area contributed by atoms with Crippen LogP contribution in [0.15, 0.2) is 34.6 Å². The van der Waals surface area contributed by atoms with Gasteiger partial charge < -0.3 is 9.84 Å². The van der Waals surface area contributed by atoms with E-state index in [1.165, 1.54) is 11.3 Å². The van der Waals surface area contributed by atoms with E-state index < -0.39 is 0 Å². The Morgan fingerprint density at radius 1 is 1.36 bits per heavy atom. The number of hydrogen-bond donors (Lipinski definition) is 1. The van der Waals surface area contributed by atoms with Crippen molar-refractivity contribution in [2.45, 2.75) is 13.5 Å². The minimum absolute atomic E-state index is 0.00506. The first kappa shape index (κ1) is 14.7. The summed E-state index contributed by atoms with van der Waals surface area (Å²) in [6.45, 7) is 2.73. The maximum Gasteiger partial charge on any atom is 0.263 e. The number of ether oxygens (including phenoxy) is 1. The fourth-order valence-corrected chi connectivity index (χ4v) is 3.27. The van der Waals surface area contributed by atoms with E-state index in [-0.39, 0.29) is 11.3 Å². The number of fused-ring (bicyclic) bond motifs is 1. The molecule has 22 heavy (non-hydrogen) atoms. The zero-order chi connectivity index (χ0) is 15.7. The molecule has 0 aliphatic carbocycles. The first-order valence-corrected chi connectivity index (χ1v) is 7.77. The Morgan fingerprint density at radius 3 is 2.86 bits per heavy atom. The Morgan fingerprint density at radius 2 is 2.14 bits per heavy atom. The number of pyridine rings is 1. The molecule has 3 aromatic rings. The third-order valence-electron chi connectivity index (χ3n) is 3.65. The van der Waals surface area contributed by atoms with E-state index in [0.29, 0.717) is 29.1 Å². The van der Waals surface area contributed by atoms with E-state index >= 15 is 0 Å². The van der Waals surface area contributed by atoms with Gasteiger partial charge in [-0.15, -0.1) is 11.3 Å². The molecule has 0 unspecified atom stereocenters. The lowest BCUT2D eigenvalue weighted by molar-refractivity contribution is 0.187. The molecule has 0 saturated carbocycles. The second-order valence-corrected chi connectivity index (χ2v) is 5.85. The summed E-state index contributed by atoms with van der Waals surface area (Å²) in [5.74, 6) is 0.00506. The number of aromatic hydroxyl groups is 1. The highest BCUT2D eigenvalue weighted by Crippen LogP contribution is 2.36. The zero-order valence-corrected chi connectivity index (χ0v) is 13.2. The minimum Gasteiger partial charge on any atom is -0.505 e. The summed E-state index contributed by atoms with van der Waals surface area (Å²) in [7, 11) is 1.59. The molecule has 0 fully saturated rings. The van der Waals surface area contributed by atoms with E-state index in [9.17, 15) is 9.90 Å². The van der Waals surface area contributed by atoms with Gasteiger partial charge in [0.25, 0.3) is 5.56 Å². The second kappa shape index (κ2) is 5.90. The van der Waals surface area contributed by atoms with Crippen LogP contribution in [0.1, 0.15) is 5.56 Å². The van der Waals surface area contributed by atoms with Gasteiger partial charge in [-0.3, -0.25) is 9.36 Å². The monoisotopic (exact) mass is 316 g/mol. The van der Waals surface area contributed by atoms with Gasteiger partial charge in [0.05, 0.1) is 24.2 Å². The Balaban J connectivity index is 2.35. The summed E-state index contributed by atoms with van der Waals surface area (Å²) in [6.07, 6.45) is 0. The maximum atomic E-state index is 12.9. The topological polar surface area (TPSA) is 64.3 Å². The largest absolute Gasteiger partial charge is 0.505 e. The lowest BCUT2D eigenvalue weighted by Crippen LogP contribution is -2.24. The number of thiazole rings is 1. The van der Waals surface area contributed by atoms with Gasteiger partial charge in [-0.05, 0) is 18.1 Å². The van der Waals surface area contributed by atoms with Crippen molar-refractivity contribution < 1.29 is 9.84 Å². The molecule has 0 aliphatic rings. The molecular weight excluding hydrogens is 300 g/mol. The van der Waals surface area contributed by atoms with Gasteiger partial charge in [-0.25, -0.2) is 4.98 Å². The van der Waals surface area contributed by atoms with Crippen molar-refractivity contribution in [2.75, 3.05) is 13.7 Å². The number of nitrogens with zero attached hydrogens (tertiary/aromatic N) is 2. The molecule has 0 bridgehead atoms. The Kier molecular flexibility index (Phi) is 3.96. The molecule has 5 nitrogen and oxygen atoms in total. The first-order valence-electron chi connectivity index (χ1n) is 6.89. The number of rotatable bonds is 4. The SMILES string of the molecule is COCCn1c(=O)c(-c2ccccc2C)c(O)c2scnc21. The number of aromatic nitrogens is 2. The van der Waals surface area contributed by atoms with E-state index in [2.05, 4.69) is 4.98 Å². The highest BCUT2D eigenvalue weighted by Gasteiger charge is 2.20. The number of benzene rings is 1. The van der Waals surface area contributed by atoms with E-state index in [0.717, 1.165) is 11.1 Å². The van der Waals surface area contributed by atoms with Crippen LogP contribution in [0.5, 0.6) is 5.75 Å². The molecule has 0 aliphatic heterocycles. The van der Waals surface area contributed by atoms with Crippen LogP contribution in [-0.4, -0.2) is 28.4 Å². The zero-order valence-electron chi connectivity index (χ0n) is 12.4. The average molecular weight is 316 g/mol. The quantitative estimate of drug-likeness (QED) is 0.804. The van der Waals surface area contributed by atoms with Crippen LogP contribution in [0.2, 0.25) is 0 Å². The Bertz CT molecular complexity index is 883. The van der Waals surface area contributed by atoms with Crippen molar-refractivity contribution in [1.82, 2.24) is 9.55 Å². The third-order valence-corrected chi connectivity index (χ3v) is 4.47. The molecule has 3 rings (SSSR count). The van der Waals surface area contributed by atoms with Gasteiger partial charge in [0.1, 0.15) is 10.4 Å².